The maximum absolute atomic E-state index is 15.4. The molecule has 2 atom stereocenters. The van der Waals surface area contributed by atoms with Crippen molar-refractivity contribution in [3.8, 4) is 0 Å². The fourth-order valence-electron chi connectivity index (χ4n) is 3.54. The van der Waals surface area contributed by atoms with E-state index in [0.29, 0.717) is 6.42 Å². The van der Waals surface area contributed by atoms with Gasteiger partial charge in [-0.3, -0.25) is 0 Å². The van der Waals surface area contributed by atoms with Crippen molar-refractivity contribution < 1.29 is 9.13 Å². The summed E-state index contributed by atoms with van der Waals surface area (Å²) in [5, 5.41) is 0. The number of fused-ring (bicyclic) bond motifs is 1. The van der Waals surface area contributed by atoms with E-state index in [1.54, 1.807) is 0 Å². The first-order valence-corrected chi connectivity index (χ1v) is 8.10. The van der Waals surface area contributed by atoms with E-state index >= 15 is 4.39 Å². The van der Waals surface area contributed by atoms with Crippen molar-refractivity contribution in [2.75, 3.05) is 0 Å². The first-order valence-electron chi connectivity index (χ1n) is 8.10. The van der Waals surface area contributed by atoms with Crippen molar-refractivity contribution >= 4 is 0 Å². The number of alkyl halides is 1. The summed E-state index contributed by atoms with van der Waals surface area (Å²) in [5.74, 6) is 0. The van der Waals surface area contributed by atoms with Crippen molar-refractivity contribution in [3.63, 3.8) is 0 Å². The summed E-state index contributed by atoms with van der Waals surface area (Å²) in [4.78, 5) is 0. The van der Waals surface area contributed by atoms with Crippen LogP contribution >= 0.6 is 0 Å². The molecule has 0 N–H and O–H groups in total. The van der Waals surface area contributed by atoms with Gasteiger partial charge in [-0.25, -0.2) is 4.39 Å². The first-order chi connectivity index (χ1) is 10.6. The van der Waals surface area contributed by atoms with E-state index in [9.17, 15) is 0 Å². The minimum absolute atomic E-state index is 0.0513. The van der Waals surface area contributed by atoms with Gasteiger partial charge in [0, 0.05) is 0 Å². The van der Waals surface area contributed by atoms with Crippen LogP contribution in [0.15, 0.2) is 54.6 Å². The van der Waals surface area contributed by atoms with Crippen LogP contribution in [0.4, 0.5) is 4.39 Å². The summed E-state index contributed by atoms with van der Waals surface area (Å²) in [7, 11) is 0. The number of aryl methyl sites for hydroxylation is 1. The molecule has 0 spiro atoms. The second kappa shape index (κ2) is 6.21. The number of rotatable bonds is 3. The van der Waals surface area contributed by atoms with Gasteiger partial charge in [-0.2, -0.15) is 0 Å². The van der Waals surface area contributed by atoms with Gasteiger partial charge in [0.15, 0.2) is 0 Å². The molecule has 1 aliphatic rings. The smallest absolute Gasteiger partial charge is 0.150 e. The molecule has 2 heteroatoms. The molecule has 116 valence electrons. The summed E-state index contributed by atoms with van der Waals surface area (Å²) in [6, 6.07) is 18.0. The lowest BCUT2D eigenvalue weighted by molar-refractivity contribution is -0.104. The van der Waals surface area contributed by atoms with E-state index in [0.717, 1.165) is 24.0 Å². The molecule has 0 aromatic heterocycles. The molecule has 0 aliphatic heterocycles. The molecule has 0 saturated heterocycles. The molecule has 3 rings (SSSR count). The van der Waals surface area contributed by atoms with Crippen molar-refractivity contribution in [3.05, 3.63) is 71.3 Å². The fraction of sp³-hybridized carbons (Fsp3) is 0.400. The van der Waals surface area contributed by atoms with Crippen LogP contribution in [-0.4, -0.2) is 12.3 Å². The van der Waals surface area contributed by atoms with Crippen molar-refractivity contribution in [1.29, 1.82) is 0 Å². The van der Waals surface area contributed by atoms with Gasteiger partial charge in [-0.15, -0.1) is 0 Å². The average Bonchev–Trinajstić information content (AvgIpc) is 2.66. The second-order valence-corrected chi connectivity index (χ2v) is 6.29. The fourth-order valence-corrected chi connectivity index (χ4v) is 3.54. The maximum Gasteiger partial charge on any atom is 0.150 e. The van der Waals surface area contributed by atoms with Crippen LogP contribution in [0.5, 0.6) is 0 Å². The third-order valence-electron chi connectivity index (χ3n) is 4.39. The molecule has 0 radical (unpaired) electrons. The Morgan fingerprint density at radius 3 is 2.45 bits per heavy atom. The molecule has 2 aromatic carbocycles. The quantitative estimate of drug-likeness (QED) is 0.722. The Bertz CT molecular complexity index is 623. The third-order valence-corrected chi connectivity index (χ3v) is 4.39. The van der Waals surface area contributed by atoms with Crippen molar-refractivity contribution in [2.24, 2.45) is 0 Å². The Hall–Kier alpha value is -1.67. The molecule has 1 nitrogen and oxygen atoms in total. The summed E-state index contributed by atoms with van der Waals surface area (Å²) < 4.78 is 21.7. The predicted molar refractivity (Wildman–Crippen MR) is 87.7 cm³/mol. The molecule has 1 aliphatic carbocycles. The minimum atomic E-state index is -1.04. The van der Waals surface area contributed by atoms with E-state index in [-0.39, 0.29) is 6.10 Å². The molecule has 22 heavy (non-hydrogen) atoms. The van der Waals surface area contributed by atoms with E-state index in [2.05, 4.69) is 6.07 Å². The number of hydrogen-bond donors (Lipinski definition) is 0. The lowest BCUT2D eigenvalue weighted by Gasteiger charge is -2.39. The lowest BCUT2D eigenvalue weighted by atomic mass is 9.80. The maximum atomic E-state index is 15.4. The molecular weight excluding hydrogens is 275 g/mol. The summed E-state index contributed by atoms with van der Waals surface area (Å²) in [6.45, 7) is 3.95. The van der Waals surface area contributed by atoms with Gasteiger partial charge < -0.3 is 4.74 Å². The highest BCUT2D eigenvalue weighted by Gasteiger charge is 2.46. The normalized spacial score (nSPS) is 24.8. The standard InChI is InChI=1S/C20H23FO/c1-15(2)22-20(17-11-4-3-5-12-17)18-13-7-6-9-16(18)10-8-14-19(20)21/h3-7,9,11-13,15,19H,8,10,14H2,1-2H3/t19-,20-/m1/s1. The number of ether oxygens (including phenoxy) is 1. The number of halogens is 1. The lowest BCUT2D eigenvalue weighted by Crippen LogP contribution is -2.42. The topological polar surface area (TPSA) is 9.23 Å². The molecule has 2 aromatic rings. The summed E-state index contributed by atoms with van der Waals surface area (Å²) in [6.07, 6.45) is 1.20. The van der Waals surface area contributed by atoms with Crippen LogP contribution in [0.2, 0.25) is 0 Å². The Morgan fingerprint density at radius 2 is 1.73 bits per heavy atom. The SMILES string of the molecule is CC(C)O[C@]1(c2ccccc2)c2ccccc2CCC[C@H]1F. The van der Waals surface area contributed by atoms with E-state index < -0.39 is 11.8 Å². The monoisotopic (exact) mass is 298 g/mol. The Kier molecular flexibility index (Phi) is 4.30. The zero-order chi connectivity index (χ0) is 15.6. The molecule has 0 bridgehead atoms. The minimum Gasteiger partial charge on any atom is -0.360 e. The van der Waals surface area contributed by atoms with Crippen molar-refractivity contribution in [1.82, 2.24) is 0 Å². The van der Waals surface area contributed by atoms with Gasteiger partial charge >= 0.3 is 0 Å². The zero-order valence-corrected chi connectivity index (χ0v) is 13.3. The predicted octanol–water partition coefficient (Wildman–Crippen LogP) is 5.03. The summed E-state index contributed by atoms with van der Waals surface area (Å²) in [5.41, 5.74) is 2.10. The molecule has 0 saturated carbocycles. The molecule has 0 amide bonds. The van der Waals surface area contributed by atoms with Crippen LogP contribution in [-0.2, 0) is 16.8 Å². The molecule has 0 fully saturated rings. The van der Waals surface area contributed by atoms with Crippen LogP contribution in [0, 0.1) is 0 Å². The van der Waals surface area contributed by atoms with Gasteiger partial charge in [-0.1, -0.05) is 54.6 Å². The second-order valence-electron chi connectivity index (χ2n) is 6.29. The Morgan fingerprint density at radius 1 is 1.05 bits per heavy atom. The van der Waals surface area contributed by atoms with E-state index in [4.69, 9.17) is 4.74 Å². The van der Waals surface area contributed by atoms with E-state index in [1.165, 1.54) is 5.56 Å². The molecular formula is C20H23FO. The highest BCUT2D eigenvalue weighted by Crippen LogP contribution is 2.45. The average molecular weight is 298 g/mol. The molecule has 0 heterocycles. The first kappa shape index (κ1) is 15.2. The van der Waals surface area contributed by atoms with Gasteiger partial charge in [0.2, 0.25) is 0 Å². The number of benzene rings is 2. The van der Waals surface area contributed by atoms with Crippen LogP contribution in [0.3, 0.4) is 0 Å². The van der Waals surface area contributed by atoms with Crippen LogP contribution in [0.1, 0.15) is 43.4 Å². The van der Waals surface area contributed by atoms with Gasteiger partial charge in [0.1, 0.15) is 11.8 Å². The Balaban J connectivity index is 2.26. The van der Waals surface area contributed by atoms with Gasteiger partial charge in [-0.05, 0) is 49.8 Å². The van der Waals surface area contributed by atoms with Crippen LogP contribution in [0.25, 0.3) is 0 Å². The van der Waals surface area contributed by atoms with Crippen molar-refractivity contribution in [2.45, 2.75) is 51.0 Å². The van der Waals surface area contributed by atoms with Crippen LogP contribution < -0.4 is 0 Å². The van der Waals surface area contributed by atoms with Gasteiger partial charge in [0.25, 0.3) is 0 Å². The summed E-state index contributed by atoms with van der Waals surface area (Å²) >= 11 is 0. The number of hydrogen-bond acceptors (Lipinski definition) is 1. The largest absolute Gasteiger partial charge is 0.360 e. The Labute approximate surface area is 132 Å². The third kappa shape index (κ3) is 2.56. The van der Waals surface area contributed by atoms with E-state index in [1.807, 2.05) is 62.4 Å². The highest BCUT2D eigenvalue weighted by molar-refractivity contribution is 5.44. The van der Waals surface area contributed by atoms with Gasteiger partial charge in [0.05, 0.1) is 6.10 Å². The highest BCUT2D eigenvalue weighted by atomic mass is 19.1. The molecule has 0 unspecified atom stereocenters. The zero-order valence-electron chi connectivity index (χ0n) is 13.3.